The molecule has 17 rings (SSSR count). The normalized spacial score (nSPS) is 12.2. The fraction of sp³-hybridized carbons (Fsp3) is 0. The van der Waals surface area contributed by atoms with E-state index in [1.54, 1.807) is 0 Å². The summed E-state index contributed by atoms with van der Waals surface area (Å²) < 4.78 is 28.9. The largest absolute Gasteiger partial charge is 0.456 e. The van der Waals surface area contributed by atoms with E-state index in [2.05, 4.69) is 168 Å². The molecule has 0 bridgehead atoms. The highest BCUT2D eigenvalue weighted by Gasteiger charge is 2.24. The van der Waals surface area contributed by atoms with Crippen LogP contribution in [0.25, 0.3) is 172 Å². The molecule has 0 radical (unpaired) electrons. The number of nitrogens with zero attached hydrogens (tertiary/aromatic N) is 4. The molecule has 0 amide bonds. The van der Waals surface area contributed by atoms with E-state index in [1.165, 1.54) is 10.8 Å². The summed E-state index contributed by atoms with van der Waals surface area (Å²) in [7, 11) is 0. The third-order valence-corrected chi connectivity index (χ3v) is 15.5. The van der Waals surface area contributed by atoms with Crippen LogP contribution in [0.5, 0.6) is 0 Å². The SMILES string of the molecule is c1ccc(-n2c3ccccc3c3cccc(-c4ccc(-c5ccc6oc7cccc(-c8nc(-c9ccc%10c(c9)oc9ccccc9%10)nc(-c9ccc%10c(c9)oc9ccccc9%10)n8)c7c6c5)c5c4oc4ccccc45)c32)cc1. The number of rotatable bonds is 6. The quantitative estimate of drug-likeness (QED) is 0.164. The van der Waals surface area contributed by atoms with Gasteiger partial charge in [-0.2, -0.15) is 0 Å². The first-order chi connectivity index (χ1) is 38.1. The van der Waals surface area contributed by atoms with Gasteiger partial charge in [0.05, 0.1) is 11.0 Å². The average Bonchev–Trinajstić information content (AvgIpc) is 4.34. The highest BCUT2D eigenvalue weighted by molar-refractivity contribution is 6.21. The Kier molecular flexibility index (Phi) is 8.68. The van der Waals surface area contributed by atoms with Crippen LogP contribution >= 0.6 is 0 Å². The number of hydrogen-bond acceptors (Lipinski definition) is 7. The molecule has 0 atom stereocenters. The second kappa shape index (κ2) is 16.0. The maximum Gasteiger partial charge on any atom is 0.164 e. The Morgan fingerprint density at radius 3 is 1.52 bits per heavy atom. The van der Waals surface area contributed by atoms with Gasteiger partial charge in [-0.25, -0.2) is 15.0 Å². The average molecular weight is 987 g/mol. The van der Waals surface area contributed by atoms with Gasteiger partial charge < -0.3 is 22.2 Å². The molecule has 6 heterocycles. The van der Waals surface area contributed by atoms with Crippen LogP contribution in [0.1, 0.15) is 0 Å². The molecular formula is C69H38N4O4. The fourth-order valence-corrected chi connectivity index (χ4v) is 12.0. The molecule has 8 heteroatoms. The molecular weight excluding hydrogens is 949 g/mol. The molecule has 0 saturated carbocycles. The molecule has 0 aliphatic carbocycles. The van der Waals surface area contributed by atoms with E-state index in [4.69, 9.17) is 32.6 Å². The van der Waals surface area contributed by atoms with Crippen molar-refractivity contribution in [2.75, 3.05) is 0 Å². The van der Waals surface area contributed by atoms with Crippen molar-refractivity contribution in [3.63, 3.8) is 0 Å². The molecule has 0 aliphatic rings. The van der Waals surface area contributed by atoms with Gasteiger partial charge in [0.1, 0.15) is 44.7 Å². The second-order valence-electron chi connectivity index (χ2n) is 19.8. The van der Waals surface area contributed by atoms with E-state index in [-0.39, 0.29) is 0 Å². The van der Waals surface area contributed by atoms with Gasteiger partial charge in [0.15, 0.2) is 17.5 Å². The summed E-state index contributed by atoms with van der Waals surface area (Å²) in [4.78, 5) is 15.8. The fourth-order valence-electron chi connectivity index (χ4n) is 12.0. The van der Waals surface area contributed by atoms with Crippen molar-refractivity contribution in [1.82, 2.24) is 19.5 Å². The highest BCUT2D eigenvalue weighted by atomic mass is 16.3. The predicted octanol–water partition coefficient (Wildman–Crippen LogP) is 18.9. The van der Waals surface area contributed by atoms with E-state index in [0.29, 0.717) is 17.5 Å². The van der Waals surface area contributed by atoms with Gasteiger partial charge in [0.25, 0.3) is 0 Å². The lowest BCUT2D eigenvalue weighted by molar-refractivity contribution is 0.668. The lowest BCUT2D eigenvalue weighted by Gasteiger charge is -2.13. The summed E-state index contributed by atoms with van der Waals surface area (Å²) >= 11 is 0. The summed E-state index contributed by atoms with van der Waals surface area (Å²) in [5, 5.41) is 10.5. The Bertz CT molecular complexity index is 5170. The summed E-state index contributed by atoms with van der Waals surface area (Å²) in [6.45, 7) is 0. The predicted molar refractivity (Wildman–Crippen MR) is 310 cm³/mol. The number of aromatic nitrogens is 4. The van der Waals surface area contributed by atoms with Crippen LogP contribution in [0.3, 0.4) is 0 Å². The monoisotopic (exact) mass is 986 g/mol. The zero-order chi connectivity index (χ0) is 50.3. The molecule has 8 nitrogen and oxygen atoms in total. The lowest BCUT2D eigenvalue weighted by atomic mass is 9.93. The molecule has 358 valence electrons. The molecule has 0 unspecified atom stereocenters. The number of para-hydroxylation sites is 6. The smallest absolute Gasteiger partial charge is 0.164 e. The molecule has 11 aromatic carbocycles. The van der Waals surface area contributed by atoms with Crippen LogP contribution in [0.2, 0.25) is 0 Å². The maximum atomic E-state index is 7.00. The molecule has 0 N–H and O–H groups in total. The molecule has 6 aromatic heterocycles. The Labute approximate surface area is 437 Å². The Morgan fingerprint density at radius 1 is 0.273 bits per heavy atom. The Hall–Kier alpha value is -10.6. The number of fused-ring (bicyclic) bond motifs is 15. The summed E-state index contributed by atoms with van der Waals surface area (Å²) in [5.74, 6) is 1.53. The van der Waals surface area contributed by atoms with Gasteiger partial charge >= 0.3 is 0 Å². The zero-order valence-corrected chi connectivity index (χ0v) is 40.9. The molecule has 17 aromatic rings. The summed E-state index contributed by atoms with van der Waals surface area (Å²) in [5.41, 5.74) is 16.2. The van der Waals surface area contributed by atoms with Gasteiger partial charge in [-0.05, 0) is 96.1 Å². The van der Waals surface area contributed by atoms with Gasteiger partial charge in [0.2, 0.25) is 0 Å². The van der Waals surface area contributed by atoms with Crippen LogP contribution in [0, 0.1) is 0 Å². The molecule has 0 fully saturated rings. The standard InChI is InChI=1S/C69H38N4O4/c1-2-14-42(15-3-1)73-55-23-8-4-16-44(55)49-20-12-21-50(65(49)73)51-34-33-43(64-52-19-7-11-26-58(52)77-66(51)64)39-30-35-59-54(36-39)63-53(22-13-27-60(63)74-59)69-71-67(40-28-31-47-45-17-5-9-24-56(45)75-61(47)37-40)70-68(72-69)41-29-32-48-46-18-6-10-25-57(46)76-62(48)38-41/h1-38H. The van der Waals surface area contributed by atoms with Crippen molar-refractivity contribution in [2.45, 2.75) is 0 Å². The third kappa shape index (κ3) is 6.24. The van der Waals surface area contributed by atoms with Gasteiger partial charge in [0, 0.05) is 87.4 Å². The van der Waals surface area contributed by atoms with Crippen molar-refractivity contribution in [3.05, 3.63) is 231 Å². The second-order valence-corrected chi connectivity index (χ2v) is 19.8. The Balaban J connectivity index is 0.866. The van der Waals surface area contributed by atoms with Crippen LogP contribution in [-0.2, 0) is 0 Å². The molecule has 77 heavy (non-hydrogen) atoms. The topological polar surface area (TPSA) is 96.2 Å². The number of hydrogen-bond donors (Lipinski definition) is 0. The van der Waals surface area contributed by atoms with Crippen LogP contribution < -0.4 is 0 Å². The van der Waals surface area contributed by atoms with Crippen LogP contribution in [-0.4, -0.2) is 19.5 Å². The van der Waals surface area contributed by atoms with E-state index in [0.717, 1.165) is 143 Å². The van der Waals surface area contributed by atoms with E-state index < -0.39 is 0 Å². The van der Waals surface area contributed by atoms with Crippen molar-refractivity contribution >= 4 is 110 Å². The summed E-state index contributed by atoms with van der Waals surface area (Å²) in [6, 6.07) is 79.8. The van der Waals surface area contributed by atoms with Crippen molar-refractivity contribution in [2.24, 2.45) is 0 Å². The lowest BCUT2D eigenvalue weighted by Crippen LogP contribution is -2.00. The molecule has 0 aliphatic heterocycles. The first-order valence-corrected chi connectivity index (χ1v) is 25.7. The minimum Gasteiger partial charge on any atom is -0.456 e. The molecule has 0 saturated heterocycles. The first-order valence-electron chi connectivity index (χ1n) is 25.7. The zero-order valence-electron chi connectivity index (χ0n) is 40.9. The van der Waals surface area contributed by atoms with Gasteiger partial charge in [-0.3, -0.25) is 0 Å². The van der Waals surface area contributed by atoms with E-state index in [9.17, 15) is 0 Å². The van der Waals surface area contributed by atoms with E-state index in [1.807, 2.05) is 66.7 Å². The minimum atomic E-state index is 0.507. The maximum absolute atomic E-state index is 7.00. The van der Waals surface area contributed by atoms with Gasteiger partial charge in [-0.15, -0.1) is 0 Å². The van der Waals surface area contributed by atoms with Crippen molar-refractivity contribution < 1.29 is 17.7 Å². The van der Waals surface area contributed by atoms with Gasteiger partial charge in [-0.1, -0.05) is 146 Å². The van der Waals surface area contributed by atoms with Crippen molar-refractivity contribution in [3.8, 4) is 62.1 Å². The van der Waals surface area contributed by atoms with Crippen LogP contribution in [0.4, 0.5) is 0 Å². The van der Waals surface area contributed by atoms with E-state index >= 15 is 0 Å². The van der Waals surface area contributed by atoms with Crippen molar-refractivity contribution in [1.29, 1.82) is 0 Å². The third-order valence-electron chi connectivity index (χ3n) is 15.5. The first kappa shape index (κ1) is 41.9. The number of furan rings is 4. The Morgan fingerprint density at radius 2 is 0.792 bits per heavy atom. The van der Waals surface area contributed by atoms with Crippen LogP contribution in [0.15, 0.2) is 248 Å². The minimum absolute atomic E-state index is 0.507. The summed E-state index contributed by atoms with van der Waals surface area (Å²) in [6.07, 6.45) is 0. The molecule has 0 spiro atoms. The number of benzene rings is 11. The highest BCUT2D eigenvalue weighted by Crippen LogP contribution is 2.47.